The first kappa shape index (κ1) is 16.9. The number of benzene rings is 3. The van der Waals surface area contributed by atoms with Gasteiger partial charge in [-0.15, -0.1) is 0 Å². The highest BCUT2D eigenvalue weighted by Crippen LogP contribution is 2.34. The largest absolute Gasteiger partial charge is 0.269 e. The molecule has 0 spiro atoms. The van der Waals surface area contributed by atoms with Crippen molar-refractivity contribution in [2.75, 3.05) is 0 Å². The fourth-order valence-electron chi connectivity index (χ4n) is 2.68. The van der Waals surface area contributed by atoms with Gasteiger partial charge in [0, 0.05) is 27.0 Å². The van der Waals surface area contributed by atoms with Gasteiger partial charge in [-0.3, -0.25) is 10.1 Å². The van der Waals surface area contributed by atoms with E-state index in [2.05, 4.69) is 56.1 Å². The highest BCUT2D eigenvalue weighted by Gasteiger charge is 2.18. The zero-order valence-corrected chi connectivity index (χ0v) is 15.7. The van der Waals surface area contributed by atoms with Crippen molar-refractivity contribution in [2.45, 2.75) is 5.92 Å². The van der Waals surface area contributed by atoms with Crippen molar-refractivity contribution in [1.29, 1.82) is 0 Å². The van der Waals surface area contributed by atoms with Crippen molar-refractivity contribution in [3.63, 3.8) is 0 Å². The molecule has 0 atom stereocenters. The molecule has 0 bridgehead atoms. The average Bonchev–Trinajstić information content (AvgIpc) is 2.59. The first-order valence-electron chi connectivity index (χ1n) is 7.30. The third-order valence-corrected chi connectivity index (χ3v) is 4.90. The van der Waals surface area contributed by atoms with Crippen LogP contribution in [0.1, 0.15) is 22.6 Å². The predicted molar refractivity (Wildman–Crippen MR) is 102 cm³/mol. The topological polar surface area (TPSA) is 43.1 Å². The molecule has 3 rings (SSSR count). The Hall–Kier alpha value is -1.98. The van der Waals surface area contributed by atoms with Crippen molar-refractivity contribution in [3.05, 3.63) is 109 Å². The number of non-ortho nitro benzene ring substituents is 1. The molecule has 120 valence electrons. The molecule has 0 aliphatic carbocycles. The fraction of sp³-hybridized carbons (Fsp3) is 0.0526. The molecule has 3 aromatic rings. The van der Waals surface area contributed by atoms with Crippen LogP contribution < -0.4 is 0 Å². The van der Waals surface area contributed by atoms with E-state index in [9.17, 15) is 10.1 Å². The third-order valence-electron chi connectivity index (χ3n) is 3.84. The molecular weight excluding hydrogens is 434 g/mol. The first-order valence-corrected chi connectivity index (χ1v) is 8.88. The predicted octanol–water partition coefficient (Wildman–Crippen LogP) is 6.30. The SMILES string of the molecule is O=[N+]([O-])c1ccc(C(c2ccc(Br)cc2)c2ccc(Br)cc2)cc1. The summed E-state index contributed by atoms with van der Waals surface area (Å²) >= 11 is 6.92. The van der Waals surface area contributed by atoms with Crippen LogP contribution in [0.5, 0.6) is 0 Å². The molecule has 3 aromatic carbocycles. The van der Waals surface area contributed by atoms with Gasteiger partial charge in [-0.25, -0.2) is 0 Å². The van der Waals surface area contributed by atoms with Crippen LogP contribution in [0.3, 0.4) is 0 Å². The highest BCUT2D eigenvalue weighted by molar-refractivity contribution is 9.10. The lowest BCUT2D eigenvalue weighted by Gasteiger charge is -2.19. The van der Waals surface area contributed by atoms with Crippen LogP contribution in [0.25, 0.3) is 0 Å². The molecule has 0 unspecified atom stereocenters. The Bertz CT molecular complexity index is 799. The molecule has 0 aliphatic heterocycles. The number of hydrogen-bond acceptors (Lipinski definition) is 2. The summed E-state index contributed by atoms with van der Waals surface area (Å²) in [7, 11) is 0. The molecule has 0 aromatic heterocycles. The van der Waals surface area contributed by atoms with E-state index < -0.39 is 0 Å². The van der Waals surface area contributed by atoms with Crippen LogP contribution in [0, 0.1) is 10.1 Å². The van der Waals surface area contributed by atoms with Crippen molar-refractivity contribution in [2.24, 2.45) is 0 Å². The lowest BCUT2D eigenvalue weighted by Crippen LogP contribution is -2.03. The van der Waals surface area contributed by atoms with E-state index in [1.807, 2.05) is 36.4 Å². The minimum Gasteiger partial charge on any atom is -0.258 e. The van der Waals surface area contributed by atoms with Crippen molar-refractivity contribution >= 4 is 37.5 Å². The van der Waals surface area contributed by atoms with Crippen LogP contribution in [-0.4, -0.2) is 4.92 Å². The van der Waals surface area contributed by atoms with Crippen LogP contribution >= 0.6 is 31.9 Å². The van der Waals surface area contributed by atoms with Crippen molar-refractivity contribution in [3.8, 4) is 0 Å². The maximum Gasteiger partial charge on any atom is 0.269 e. The third kappa shape index (κ3) is 3.74. The van der Waals surface area contributed by atoms with Gasteiger partial charge in [0.2, 0.25) is 0 Å². The Labute approximate surface area is 156 Å². The number of nitrogens with zero attached hydrogens (tertiary/aromatic N) is 1. The summed E-state index contributed by atoms with van der Waals surface area (Å²) in [6.07, 6.45) is 0. The smallest absolute Gasteiger partial charge is 0.258 e. The van der Waals surface area contributed by atoms with E-state index in [0.717, 1.165) is 25.6 Å². The minimum absolute atomic E-state index is 0.0204. The molecule has 0 heterocycles. The average molecular weight is 447 g/mol. The van der Waals surface area contributed by atoms with Crippen LogP contribution in [0.4, 0.5) is 5.69 Å². The number of halogens is 2. The maximum atomic E-state index is 10.9. The molecule has 0 radical (unpaired) electrons. The second-order valence-corrected chi connectivity index (χ2v) is 7.22. The first-order chi connectivity index (χ1) is 11.5. The zero-order chi connectivity index (χ0) is 17.1. The lowest BCUT2D eigenvalue weighted by molar-refractivity contribution is -0.384. The number of nitro benzene ring substituents is 1. The van der Waals surface area contributed by atoms with Gasteiger partial charge >= 0.3 is 0 Å². The summed E-state index contributed by atoms with van der Waals surface area (Å²) in [5.41, 5.74) is 3.39. The molecule has 24 heavy (non-hydrogen) atoms. The van der Waals surface area contributed by atoms with Gasteiger partial charge in [-0.05, 0) is 41.0 Å². The van der Waals surface area contributed by atoms with Crippen LogP contribution in [0.15, 0.2) is 81.7 Å². The summed E-state index contributed by atoms with van der Waals surface area (Å²) in [4.78, 5) is 10.5. The quantitative estimate of drug-likeness (QED) is 0.268. The Morgan fingerprint density at radius 3 is 1.33 bits per heavy atom. The second-order valence-electron chi connectivity index (χ2n) is 5.38. The molecule has 0 saturated heterocycles. The summed E-state index contributed by atoms with van der Waals surface area (Å²) in [5, 5.41) is 10.9. The van der Waals surface area contributed by atoms with Crippen LogP contribution in [-0.2, 0) is 0 Å². The molecule has 0 aliphatic rings. The summed E-state index contributed by atoms with van der Waals surface area (Å²) in [6.45, 7) is 0. The van der Waals surface area contributed by atoms with E-state index >= 15 is 0 Å². The van der Waals surface area contributed by atoms with E-state index in [4.69, 9.17) is 0 Å². The fourth-order valence-corrected chi connectivity index (χ4v) is 3.20. The molecule has 0 fully saturated rings. The molecule has 0 amide bonds. The highest BCUT2D eigenvalue weighted by atomic mass is 79.9. The van der Waals surface area contributed by atoms with E-state index in [-0.39, 0.29) is 16.5 Å². The van der Waals surface area contributed by atoms with Crippen molar-refractivity contribution < 1.29 is 4.92 Å². The van der Waals surface area contributed by atoms with Gasteiger partial charge in [-0.2, -0.15) is 0 Å². The molecule has 3 nitrogen and oxygen atoms in total. The lowest BCUT2D eigenvalue weighted by atomic mass is 9.85. The minimum atomic E-state index is -0.377. The Morgan fingerprint density at radius 1 is 0.667 bits per heavy atom. The Kier molecular flexibility index (Phi) is 5.11. The normalized spacial score (nSPS) is 10.8. The molecule has 0 N–H and O–H groups in total. The van der Waals surface area contributed by atoms with Crippen LogP contribution in [0.2, 0.25) is 0 Å². The second kappa shape index (κ2) is 7.28. The Morgan fingerprint density at radius 2 is 1.00 bits per heavy atom. The number of hydrogen-bond donors (Lipinski definition) is 0. The van der Waals surface area contributed by atoms with Gasteiger partial charge in [0.05, 0.1) is 4.92 Å². The summed E-state index contributed by atoms with van der Waals surface area (Å²) < 4.78 is 2.04. The number of nitro groups is 1. The maximum absolute atomic E-state index is 10.9. The summed E-state index contributed by atoms with van der Waals surface area (Å²) in [5.74, 6) is 0.0204. The standard InChI is InChI=1S/C19H13Br2NO2/c20-16-7-1-13(2-8-16)19(14-3-9-17(21)10-4-14)15-5-11-18(12-6-15)22(23)24/h1-12,19H. The monoisotopic (exact) mass is 445 g/mol. The van der Waals surface area contributed by atoms with Gasteiger partial charge in [0.1, 0.15) is 0 Å². The molecule has 0 saturated carbocycles. The zero-order valence-electron chi connectivity index (χ0n) is 12.5. The summed E-state index contributed by atoms with van der Waals surface area (Å²) in [6, 6.07) is 23.1. The number of rotatable bonds is 4. The van der Waals surface area contributed by atoms with Gasteiger partial charge in [-0.1, -0.05) is 68.3 Å². The Balaban J connectivity index is 2.08. The molecule has 5 heteroatoms. The van der Waals surface area contributed by atoms with Gasteiger partial charge < -0.3 is 0 Å². The van der Waals surface area contributed by atoms with Gasteiger partial charge in [0.25, 0.3) is 5.69 Å². The van der Waals surface area contributed by atoms with E-state index in [1.165, 1.54) is 0 Å². The molecular formula is C19H13Br2NO2. The van der Waals surface area contributed by atoms with Gasteiger partial charge in [0.15, 0.2) is 0 Å². The van der Waals surface area contributed by atoms with Crippen molar-refractivity contribution in [1.82, 2.24) is 0 Å². The van der Waals surface area contributed by atoms with E-state index in [0.29, 0.717) is 0 Å². The van der Waals surface area contributed by atoms with E-state index in [1.54, 1.807) is 12.1 Å².